The molecule has 1 fully saturated rings. The Hall–Kier alpha value is -2.25. The van der Waals surface area contributed by atoms with Crippen LogP contribution in [0.5, 0.6) is 0 Å². The van der Waals surface area contributed by atoms with Gasteiger partial charge in [-0.25, -0.2) is 4.39 Å². The maximum absolute atomic E-state index is 14.4. The van der Waals surface area contributed by atoms with E-state index in [1.54, 1.807) is 30.9 Å². The number of rotatable bonds is 5. The number of halogens is 1. The molecule has 0 N–H and O–H groups in total. The first-order chi connectivity index (χ1) is 12.0. The smallest absolute Gasteiger partial charge is 0.295 e. The Balaban J connectivity index is 1.67. The molecule has 0 radical (unpaired) electrons. The molecule has 1 saturated carbocycles. The fourth-order valence-corrected chi connectivity index (χ4v) is 3.47. The zero-order valence-electron chi connectivity index (χ0n) is 14.7. The van der Waals surface area contributed by atoms with Gasteiger partial charge in [0.1, 0.15) is 0 Å². The third-order valence-electron chi connectivity index (χ3n) is 5.01. The Morgan fingerprint density at radius 2 is 2.04 bits per heavy atom. The fourth-order valence-electron chi connectivity index (χ4n) is 3.47. The normalized spacial score (nSPS) is 16.9. The van der Waals surface area contributed by atoms with Gasteiger partial charge in [0.25, 0.3) is 11.5 Å². The molecule has 7 nitrogen and oxygen atoms in total. The average molecular weight is 349 g/mol. The Kier molecular flexibility index (Phi) is 5.15. The molecule has 25 heavy (non-hydrogen) atoms. The minimum Gasteiger partial charge on any atom is -0.336 e. The summed E-state index contributed by atoms with van der Waals surface area (Å²) in [6.07, 6.45) is 7.56. The predicted molar refractivity (Wildman–Crippen MR) is 90.8 cm³/mol. The van der Waals surface area contributed by atoms with Crippen molar-refractivity contribution in [2.45, 2.75) is 51.2 Å². The summed E-state index contributed by atoms with van der Waals surface area (Å²) in [5.41, 5.74) is -0.0734. The second-order valence-electron chi connectivity index (χ2n) is 6.93. The lowest BCUT2D eigenvalue weighted by Crippen LogP contribution is -2.35. The minimum absolute atomic E-state index is 0.109. The molecule has 0 unspecified atom stereocenters. The lowest BCUT2D eigenvalue weighted by molar-refractivity contribution is -0.136. The number of hydrogen-bond acceptors (Lipinski definition) is 4. The van der Waals surface area contributed by atoms with Crippen LogP contribution in [0.3, 0.4) is 0 Å². The lowest BCUT2D eigenvalue weighted by atomic mass is 9.85. The third-order valence-corrected chi connectivity index (χ3v) is 5.01. The topological polar surface area (TPSA) is 72.5 Å². The molecule has 0 saturated heterocycles. The molecule has 1 aliphatic rings. The van der Waals surface area contributed by atoms with Crippen LogP contribution >= 0.6 is 0 Å². The Bertz CT molecular complexity index is 809. The lowest BCUT2D eigenvalue weighted by Gasteiger charge is -2.24. The molecular formula is C17H24FN5O2. The zero-order chi connectivity index (χ0) is 18.0. The van der Waals surface area contributed by atoms with Crippen molar-refractivity contribution >= 4 is 11.6 Å². The first-order valence-corrected chi connectivity index (χ1v) is 8.75. The Labute approximate surface area is 145 Å². The van der Waals surface area contributed by atoms with Crippen LogP contribution in [0.2, 0.25) is 0 Å². The van der Waals surface area contributed by atoms with Gasteiger partial charge in [0.2, 0.25) is 5.65 Å². The highest BCUT2D eigenvalue weighted by Crippen LogP contribution is 2.28. The van der Waals surface area contributed by atoms with E-state index in [4.69, 9.17) is 0 Å². The first kappa shape index (κ1) is 17.6. The molecule has 1 aliphatic carbocycles. The maximum Gasteiger partial charge on any atom is 0.295 e. The van der Waals surface area contributed by atoms with Gasteiger partial charge in [0.15, 0.2) is 12.0 Å². The molecule has 0 bridgehead atoms. The number of carbonyl (C=O) groups is 1. The third kappa shape index (κ3) is 3.72. The fraction of sp³-hybridized carbons (Fsp3) is 0.647. The van der Waals surface area contributed by atoms with Gasteiger partial charge in [-0.1, -0.05) is 32.1 Å². The van der Waals surface area contributed by atoms with E-state index >= 15 is 0 Å². The van der Waals surface area contributed by atoms with E-state index in [-0.39, 0.29) is 17.8 Å². The number of nitrogens with zero attached hydrogens (tertiary/aromatic N) is 5. The Morgan fingerprint density at radius 3 is 2.76 bits per heavy atom. The summed E-state index contributed by atoms with van der Waals surface area (Å²) in [6, 6.07) is 0. The van der Waals surface area contributed by atoms with Crippen LogP contribution in [0.15, 0.2) is 17.2 Å². The highest BCUT2D eigenvalue weighted by atomic mass is 19.1. The second kappa shape index (κ2) is 7.33. The van der Waals surface area contributed by atoms with Crippen molar-refractivity contribution in [1.29, 1.82) is 0 Å². The Morgan fingerprint density at radius 1 is 1.32 bits per heavy atom. The summed E-state index contributed by atoms with van der Waals surface area (Å²) in [6.45, 7) is 0.109. The van der Waals surface area contributed by atoms with Gasteiger partial charge in [0, 0.05) is 26.5 Å². The summed E-state index contributed by atoms with van der Waals surface area (Å²) in [7, 11) is 3.18. The molecule has 0 aromatic carbocycles. The number of amides is 1. The van der Waals surface area contributed by atoms with Gasteiger partial charge in [-0.2, -0.15) is 0 Å². The summed E-state index contributed by atoms with van der Waals surface area (Å²) in [5.74, 6) is 0.206. The van der Waals surface area contributed by atoms with Crippen LogP contribution < -0.4 is 5.56 Å². The molecule has 2 aromatic rings. The van der Waals surface area contributed by atoms with Crippen molar-refractivity contribution in [3.8, 4) is 0 Å². The van der Waals surface area contributed by atoms with Gasteiger partial charge in [-0.3, -0.25) is 14.0 Å². The van der Waals surface area contributed by atoms with Crippen molar-refractivity contribution in [2.24, 2.45) is 13.0 Å². The van der Waals surface area contributed by atoms with Gasteiger partial charge in [0.05, 0.1) is 6.54 Å². The van der Waals surface area contributed by atoms with Crippen molar-refractivity contribution in [1.82, 2.24) is 24.1 Å². The van der Waals surface area contributed by atoms with Gasteiger partial charge >= 0.3 is 0 Å². The number of aromatic nitrogens is 4. The highest BCUT2D eigenvalue weighted by Gasteiger charge is 2.27. The van der Waals surface area contributed by atoms with E-state index in [0.29, 0.717) is 18.2 Å². The number of aryl methyl sites for hydroxylation is 1. The quantitative estimate of drug-likeness (QED) is 0.823. The molecule has 2 heterocycles. The highest BCUT2D eigenvalue weighted by molar-refractivity contribution is 5.80. The number of alkyl halides is 1. The molecule has 0 spiro atoms. The maximum atomic E-state index is 14.4. The van der Waals surface area contributed by atoms with Gasteiger partial charge in [-0.15, -0.1) is 10.2 Å². The summed E-state index contributed by atoms with van der Waals surface area (Å²) >= 11 is 0. The van der Waals surface area contributed by atoms with Crippen LogP contribution in [0.4, 0.5) is 4.39 Å². The summed E-state index contributed by atoms with van der Waals surface area (Å²) in [5, 5.41) is 7.86. The van der Waals surface area contributed by atoms with Crippen molar-refractivity contribution in [2.75, 3.05) is 7.05 Å². The minimum atomic E-state index is -1.49. The van der Waals surface area contributed by atoms with Crippen LogP contribution in [-0.4, -0.2) is 43.2 Å². The van der Waals surface area contributed by atoms with Crippen molar-refractivity contribution in [3.05, 3.63) is 28.6 Å². The van der Waals surface area contributed by atoms with E-state index < -0.39 is 12.1 Å². The second-order valence-corrected chi connectivity index (χ2v) is 6.93. The van der Waals surface area contributed by atoms with E-state index in [1.165, 1.54) is 15.9 Å². The summed E-state index contributed by atoms with van der Waals surface area (Å²) in [4.78, 5) is 25.6. The van der Waals surface area contributed by atoms with Gasteiger partial charge < -0.3 is 9.47 Å². The standard InChI is InChI=1S/C17H24FN5O2/c1-21-8-9-23-14(19-20-15(23)17(21)25)11-22(2)16(24)13(18)10-12-6-4-3-5-7-12/h8-9,12-13H,3-7,10-11H2,1-2H3/t13-/m0/s1. The molecule has 8 heteroatoms. The molecule has 0 aliphatic heterocycles. The monoisotopic (exact) mass is 349 g/mol. The van der Waals surface area contributed by atoms with E-state index in [1.807, 2.05) is 0 Å². The van der Waals surface area contributed by atoms with E-state index in [2.05, 4.69) is 10.2 Å². The first-order valence-electron chi connectivity index (χ1n) is 8.75. The number of carbonyl (C=O) groups excluding carboxylic acids is 1. The molecule has 3 rings (SSSR count). The number of fused-ring (bicyclic) bond motifs is 1. The molecular weight excluding hydrogens is 325 g/mol. The van der Waals surface area contributed by atoms with E-state index in [9.17, 15) is 14.0 Å². The van der Waals surface area contributed by atoms with Crippen LogP contribution in [0.1, 0.15) is 44.3 Å². The van der Waals surface area contributed by atoms with E-state index in [0.717, 1.165) is 25.7 Å². The zero-order valence-corrected chi connectivity index (χ0v) is 14.7. The molecule has 1 atom stereocenters. The molecule has 136 valence electrons. The predicted octanol–water partition coefficient (Wildman–Crippen LogP) is 1.69. The van der Waals surface area contributed by atoms with Crippen LogP contribution in [0, 0.1) is 5.92 Å². The molecule has 2 aromatic heterocycles. The van der Waals surface area contributed by atoms with Gasteiger partial charge in [-0.05, 0) is 12.3 Å². The molecule has 1 amide bonds. The van der Waals surface area contributed by atoms with Crippen LogP contribution in [0.25, 0.3) is 5.65 Å². The average Bonchev–Trinajstić information content (AvgIpc) is 3.01. The number of hydrogen-bond donors (Lipinski definition) is 0. The largest absolute Gasteiger partial charge is 0.336 e. The summed E-state index contributed by atoms with van der Waals surface area (Å²) < 4.78 is 17.4. The van der Waals surface area contributed by atoms with Crippen molar-refractivity contribution < 1.29 is 9.18 Å². The van der Waals surface area contributed by atoms with Crippen molar-refractivity contribution in [3.63, 3.8) is 0 Å². The SMILES string of the molecule is CN(Cc1nnc2c(=O)n(C)ccn12)C(=O)[C@@H](F)CC1CCCCC1. The van der Waals surface area contributed by atoms with Crippen LogP contribution in [-0.2, 0) is 18.4 Å².